The molecule has 1 unspecified atom stereocenters. The predicted molar refractivity (Wildman–Crippen MR) is 107 cm³/mol. The molecule has 0 amide bonds. The maximum atomic E-state index is 9.32. The molecule has 2 aromatic rings. The molecule has 0 spiro atoms. The molecule has 27 heavy (non-hydrogen) atoms. The van der Waals surface area contributed by atoms with Crippen molar-refractivity contribution in [2.45, 2.75) is 26.9 Å². The van der Waals surface area contributed by atoms with Crippen molar-refractivity contribution < 1.29 is 42.8 Å². The number of nitriles is 1. The number of hydrogen-bond acceptors (Lipinski definition) is 3. The summed E-state index contributed by atoms with van der Waals surface area (Å²) in [5.41, 5.74) is 4.55. The van der Waals surface area contributed by atoms with E-state index in [1.165, 1.54) is 6.07 Å². The van der Waals surface area contributed by atoms with Gasteiger partial charge in [-0.2, -0.15) is 38.3 Å². The Labute approximate surface area is 190 Å². The summed E-state index contributed by atoms with van der Waals surface area (Å²) in [5, 5.41) is 16.5. The van der Waals surface area contributed by atoms with Gasteiger partial charge in [0.25, 0.3) is 0 Å². The second-order valence-electron chi connectivity index (χ2n) is 4.78. The van der Waals surface area contributed by atoms with Crippen molar-refractivity contribution in [1.82, 2.24) is 0 Å². The van der Waals surface area contributed by atoms with Gasteiger partial charge in [-0.25, -0.2) is 5.26 Å². The zero-order valence-electron chi connectivity index (χ0n) is 17.4. The summed E-state index contributed by atoms with van der Waals surface area (Å²) in [6, 6.07) is 15.1. The Morgan fingerprint density at radius 1 is 1.07 bits per heavy atom. The maximum Gasteiger partial charge on any atom is 1.00 e. The summed E-state index contributed by atoms with van der Waals surface area (Å²) < 4.78 is 0. The van der Waals surface area contributed by atoms with Gasteiger partial charge in [-0.3, -0.25) is 0 Å². The second-order valence-corrected chi connectivity index (χ2v) is 4.78. The molecule has 3 nitrogen and oxygen atoms in total. The molecular weight excluding hydrogens is 322 g/mol. The first-order valence-electron chi connectivity index (χ1n) is 7.64. The molecule has 0 aliphatic rings. The van der Waals surface area contributed by atoms with Crippen molar-refractivity contribution in [2.75, 3.05) is 0 Å². The number of aliphatic imine (C=N–C) groups is 1. The molecule has 0 bridgehead atoms. The van der Waals surface area contributed by atoms with Gasteiger partial charge in [0.15, 0.2) is 0 Å². The van der Waals surface area contributed by atoms with Gasteiger partial charge in [-0.05, 0) is 13.0 Å². The van der Waals surface area contributed by atoms with E-state index in [2.05, 4.69) is 32.7 Å². The van der Waals surface area contributed by atoms with Gasteiger partial charge in [-0.1, -0.05) is 35.9 Å². The number of aryl methyl sites for hydroxylation is 2. The van der Waals surface area contributed by atoms with Crippen molar-refractivity contribution in [3.63, 3.8) is 0 Å². The van der Waals surface area contributed by atoms with Crippen molar-refractivity contribution in [3.05, 3.63) is 92.4 Å². The number of nitrogens with zero attached hydrogens (tertiary/aromatic N) is 2. The first-order chi connectivity index (χ1) is 11.9. The summed E-state index contributed by atoms with van der Waals surface area (Å²) in [7, 11) is 0. The van der Waals surface area contributed by atoms with Crippen LogP contribution < -0.4 is 37.7 Å². The van der Waals surface area contributed by atoms with Gasteiger partial charge in [0.2, 0.25) is 0 Å². The molecule has 1 atom stereocenters. The molecule has 0 fully saturated rings. The van der Waals surface area contributed by atoms with E-state index in [0.29, 0.717) is 0 Å². The van der Waals surface area contributed by atoms with Crippen LogP contribution in [0, 0.1) is 52.9 Å². The largest absolute Gasteiger partial charge is 1.00 e. The van der Waals surface area contributed by atoms with Crippen molar-refractivity contribution >= 4 is 12.4 Å². The predicted octanol–water partition coefficient (Wildman–Crippen LogP) is -0.559. The molecule has 0 aromatic heterocycles. The zero-order valence-corrected chi connectivity index (χ0v) is 17.4. The van der Waals surface area contributed by atoms with Crippen LogP contribution in [0.4, 0.5) is 5.69 Å². The Morgan fingerprint density at radius 3 is 1.81 bits per heavy atom. The number of aliphatic hydroxyl groups excluding tert-OH is 1. The molecule has 5 heteroatoms. The maximum absolute atomic E-state index is 9.32. The summed E-state index contributed by atoms with van der Waals surface area (Å²) >= 11 is 0. The van der Waals surface area contributed by atoms with Crippen LogP contribution in [0.3, 0.4) is 0 Å². The zero-order chi connectivity index (χ0) is 19.8. The molecular formula is C22H27Li2N2O-3. The van der Waals surface area contributed by atoms with Crippen LogP contribution in [0.15, 0.2) is 47.5 Å². The van der Waals surface area contributed by atoms with Crippen molar-refractivity contribution in [1.29, 1.82) is 5.26 Å². The third-order valence-corrected chi connectivity index (χ3v) is 2.93. The molecule has 0 saturated carbocycles. The van der Waals surface area contributed by atoms with Crippen LogP contribution >= 0.6 is 0 Å². The van der Waals surface area contributed by atoms with E-state index in [1.54, 1.807) is 6.92 Å². The molecule has 2 rings (SSSR count). The Kier molecular flexibility index (Phi) is 25.5. The van der Waals surface area contributed by atoms with E-state index < -0.39 is 6.10 Å². The molecule has 136 valence electrons. The Hall–Kier alpha value is -1.51. The fourth-order valence-corrected chi connectivity index (χ4v) is 1.80. The van der Waals surface area contributed by atoms with Crippen LogP contribution in [0.5, 0.6) is 0 Å². The quantitative estimate of drug-likeness (QED) is 0.449. The number of rotatable bonds is 2. The summed E-state index contributed by atoms with van der Waals surface area (Å²) in [6.07, 6.45) is -0.689. The molecule has 0 saturated heterocycles. The van der Waals surface area contributed by atoms with Crippen LogP contribution in [0.25, 0.3) is 0 Å². The van der Waals surface area contributed by atoms with Crippen LogP contribution in [0.2, 0.25) is 0 Å². The van der Waals surface area contributed by atoms with E-state index >= 15 is 0 Å². The fraction of sp³-hybridized carbons (Fsp3) is 0.182. The average Bonchev–Trinajstić information content (AvgIpc) is 2.60. The molecule has 0 aliphatic carbocycles. The van der Waals surface area contributed by atoms with Gasteiger partial charge in [0, 0.05) is 0 Å². The van der Waals surface area contributed by atoms with Gasteiger partial charge < -0.3 is 30.9 Å². The summed E-state index contributed by atoms with van der Waals surface area (Å²) in [4.78, 5) is 3.63. The van der Waals surface area contributed by atoms with Gasteiger partial charge in [0.05, 0.1) is 0 Å². The SMILES string of the molecule is [CH-]=Nc1cc(C)c(C([CH2-])O)cc1C.[CH2-]C.[CH2-]C#N.[CH2-]c1ccccc1.[Li+].[Li+]. The third-order valence-electron chi connectivity index (χ3n) is 2.93. The minimum atomic E-state index is -0.689. The Bertz CT molecular complexity index is 651. The monoisotopic (exact) mass is 349 g/mol. The number of benzene rings is 2. The van der Waals surface area contributed by atoms with Gasteiger partial charge >= 0.3 is 37.7 Å². The molecule has 0 heterocycles. The van der Waals surface area contributed by atoms with E-state index in [4.69, 9.17) is 12.0 Å². The van der Waals surface area contributed by atoms with Crippen LogP contribution in [0.1, 0.15) is 35.3 Å². The van der Waals surface area contributed by atoms with Crippen molar-refractivity contribution in [2.24, 2.45) is 4.99 Å². The van der Waals surface area contributed by atoms with Crippen molar-refractivity contribution in [3.8, 4) is 6.07 Å². The smallest absolute Gasteiger partial charge is 0.459 e. The first kappa shape index (κ1) is 33.1. The van der Waals surface area contributed by atoms with Crippen LogP contribution in [-0.2, 0) is 0 Å². The summed E-state index contributed by atoms with van der Waals surface area (Å²) in [6.45, 7) is 24.1. The topological polar surface area (TPSA) is 56.4 Å². The summed E-state index contributed by atoms with van der Waals surface area (Å²) in [5.74, 6) is 0. The normalized spacial score (nSPS) is 8.78. The molecule has 0 aliphatic heterocycles. The van der Waals surface area contributed by atoms with E-state index in [0.717, 1.165) is 27.9 Å². The molecule has 0 radical (unpaired) electrons. The standard InChI is InChI=1S/C11H13NO.C7H7.C2H2N.C2H5.2Li/c1-7-6-11(12-4)8(2)5-10(7)9(3)13;1-7-5-3-2-4-6-7;1-2-3;1-2;;/h4-6,9,13H,3H2,1-2H3;2-6H,1H2;1H2;1H2,2H3;;/q-2;3*-1;2*+1. The molecule has 1 N–H and O–H groups in total. The Balaban J connectivity index is -0.000000161. The van der Waals surface area contributed by atoms with Crippen LogP contribution in [-0.4, -0.2) is 11.8 Å². The number of hydrogen-bond donors (Lipinski definition) is 1. The number of aliphatic hydroxyl groups is 1. The Morgan fingerprint density at radius 2 is 1.52 bits per heavy atom. The minimum absolute atomic E-state index is 0. The fourth-order valence-electron chi connectivity index (χ4n) is 1.80. The molecule has 2 aromatic carbocycles. The van der Waals surface area contributed by atoms with E-state index in [1.807, 2.05) is 56.3 Å². The van der Waals surface area contributed by atoms with E-state index in [-0.39, 0.29) is 37.7 Å². The van der Waals surface area contributed by atoms with E-state index in [9.17, 15) is 5.11 Å². The average molecular weight is 349 g/mol. The second kappa shape index (κ2) is 20.8. The van der Waals surface area contributed by atoms with Gasteiger partial charge in [-0.15, -0.1) is 29.8 Å². The third kappa shape index (κ3) is 15.3. The minimum Gasteiger partial charge on any atom is -0.459 e. The van der Waals surface area contributed by atoms with Gasteiger partial charge in [0.1, 0.15) is 0 Å². The first-order valence-corrected chi connectivity index (χ1v) is 7.64.